The predicted octanol–water partition coefficient (Wildman–Crippen LogP) is 2.16. The van der Waals surface area contributed by atoms with Crippen LogP contribution in [0.1, 0.15) is 40.5 Å². The van der Waals surface area contributed by atoms with E-state index < -0.39 is 0 Å². The quantitative estimate of drug-likeness (QED) is 0.807. The van der Waals surface area contributed by atoms with Crippen LogP contribution in [0.5, 0.6) is 0 Å². The minimum atomic E-state index is -0.0248. The Bertz CT molecular complexity index is 367. The average molecular weight is 384 g/mol. The van der Waals surface area contributed by atoms with E-state index in [-0.39, 0.29) is 43.1 Å². The summed E-state index contributed by atoms with van der Waals surface area (Å²) in [5, 5.41) is 0. The van der Waals surface area contributed by atoms with E-state index >= 15 is 0 Å². The molecule has 0 aromatic heterocycles. The van der Waals surface area contributed by atoms with Crippen LogP contribution in [-0.4, -0.2) is 66.7 Å². The van der Waals surface area contributed by atoms with Gasteiger partial charge in [-0.1, -0.05) is 13.8 Å². The Hall–Kier alpha value is -0.0700. The number of halogens is 2. The highest BCUT2D eigenvalue weighted by Gasteiger charge is 2.37. The van der Waals surface area contributed by atoms with Crippen LogP contribution < -0.4 is 5.73 Å². The third-order valence-corrected chi connectivity index (χ3v) is 4.99. The van der Waals surface area contributed by atoms with E-state index in [2.05, 4.69) is 37.5 Å². The lowest BCUT2D eigenvalue weighted by Crippen LogP contribution is -2.58. The molecule has 3 unspecified atom stereocenters. The molecule has 0 aliphatic carbocycles. The first kappa shape index (κ1) is 23.9. The number of carbonyl (C=O) groups excluding carboxylic acids is 1. The number of ether oxygens (including phenoxy) is 1. The number of nitrogens with zero attached hydrogens (tertiary/aromatic N) is 2. The van der Waals surface area contributed by atoms with Crippen LogP contribution in [0, 0.1) is 11.8 Å². The van der Waals surface area contributed by atoms with Crippen molar-refractivity contribution in [3.05, 3.63) is 0 Å². The molecule has 2 N–H and O–H groups in total. The standard InChI is InChI=1S/C17H33N3O2.2ClH/c1-12(2)16(20-10-13(3)22-14(4)11-20)17(21)19-7-5-15(9-18)6-8-19;;/h12-16H,5-11,18H2,1-4H3;2*1H. The van der Waals surface area contributed by atoms with Crippen LogP contribution in [0.4, 0.5) is 0 Å². The number of carbonyl (C=O) groups is 1. The van der Waals surface area contributed by atoms with Gasteiger partial charge < -0.3 is 15.4 Å². The second kappa shape index (κ2) is 10.8. The zero-order valence-corrected chi connectivity index (χ0v) is 17.1. The van der Waals surface area contributed by atoms with Crippen LogP contribution in [-0.2, 0) is 9.53 Å². The minimum absolute atomic E-state index is 0. The maximum absolute atomic E-state index is 13.1. The third kappa shape index (κ3) is 6.03. The van der Waals surface area contributed by atoms with Crippen molar-refractivity contribution < 1.29 is 9.53 Å². The number of likely N-dealkylation sites (tertiary alicyclic amines) is 1. The summed E-state index contributed by atoms with van der Waals surface area (Å²) in [6.07, 6.45) is 2.48. The summed E-state index contributed by atoms with van der Waals surface area (Å²) in [6, 6.07) is -0.0248. The van der Waals surface area contributed by atoms with E-state index in [0.29, 0.717) is 17.7 Å². The number of morpholine rings is 1. The maximum Gasteiger partial charge on any atom is 0.240 e. The lowest BCUT2D eigenvalue weighted by Gasteiger charge is -2.43. The summed E-state index contributed by atoms with van der Waals surface area (Å²) < 4.78 is 5.82. The average Bonchev–Trinajstić information content (AvgIpc) is 2.46. The minimum Gasteiger partial charge on any atom is -0.373 e. The SMILES string of the molecule is CC1CN(C(C(=O)N2CCC(CN)CC2)C(C)C)CC(C)O1.Cl.Cl. The maximum atomic E-state index is 13.1. The van der Waals surface area contributed by atoms with Crippen LogP contribution >= 0.6 is 24.8 Å². The molecule has 0 spiro atoms. The number of hydrogen-bond donors (Lipinski definition) is 1. The summed E-state index contributed by atoms with van der Waals surface area (Å²) in [5.74, 6) is 1.20. The van der Waals surface area contributed by atoms with E-state index in [0.717, 1.165) is 45.6 Å². The van der Waals surface area contributed by atoms with Gasteiger partial charge in [-0.25, -0.2) is 0 Å². The van der Waals surface area contributed by atoms with E-state index in [9.17, 15) is 4.79 Å². The van der Waals surface area contributed by atoms with Crippen molar-refractivity contribution in [1.29, 1.82) is 0 Å². The molecule has 0 aromatic rings. The van der Waals surface area contributed by atoms with Gasteiger partial charge in [0.15, 0.2) is 0 Å². The molecule has 0 radical (unpaired) electrons. The monoisotopic (exact) mass is 383 g/mol. The topological polar surface area (TPSA) is 58.8 Å². The number of amides is 1. The fraction of sp³-hybridized carbons (Fsp3) is 0.941. The van der Waals surface area contributed by atoms with Gasteiger partial charge in [0.05, 0.1) is 18.2 Å². The molecule has 144 valence electrons. The first-order chi connectivity index (χ1) is 10.4. The molecule has 2 fully saturated rings. The van der Waals surface area contributed by atoms with Gasteiger partial charge in [0.1, 0.15) is 0 Å². The van der Waals surface area contributed by atoms with Crippen molar-refractivity contribution >= 4 is 30.7 Å². The van der Waals surface area contributed by atoms with E-state index in [4.69, 9.17) is 10.5 Å². The van der Waals surface area contributed by atoms with E-state index in [1.165, 1.54) is 0 Å². The van der Waals surface area contributed by atoms with Gasteiger partial charge >= 0.3 is 0 Å². The summed E-state index contributed by atoms with van der Waals surface area (Å²) in [6.45, 7) is 12.7. The summed E-state index contributed by atoms with van der Waals surface area (Å²) in [5.41, 5.74) is 5.75. The lowest BCUT2D eigenvalue weighted by atomic mass is 9.94. The number of nitrogens with two attached hydrogens (primary N) is 1. The molecule has 2 saturated heterocycles. The van der Waals surface area contributed by atoms with Crippen molar-refractivity contribution in [2.75, 3.05) is 32.7 Å². The van der Waals surface area contributed by atoms with Crippen molar-refractivity contribution in [1.82, 2.24) is 9.80 Å². The number of rotatable bonds is 4. The molecule has 2 aliphatic rings. The Morgan fingerprint density at radius 2 is 1.62 bits per heavy atom. The molecule has 24 heavy (non-hydrogen) atoms. The molecule has 0 saturated carbocycles. The van der Waals surface area contributed by atoms with E-state index in [1.54, 1.807) is 0 Å². The molecule has 1 amide bonds. The zero-order valence-electron chi connectivity index (χ0n) is 15.4. The summed E-state index contributed by atoms with van der Waals surface area (Å²) in [4.78, 5) is 17.5. The van der Waals surface area contributed by atoms with Gasteiger partial charge in [-0.2, -0.15) is 0 Å². The highest BCUT2D eigenvalue weighted by atomic mass is 35.5. The molecule has 5 nitrogen and oxygen atoms in total. The van der Waals surface area contributed by atoms with Gasteiger partial charge in [-0.15, -0.1) is 24.8 Å². The fourth-order valence-corrected chi connectivity index (χ4v) is 3.88. The molecule has 3 atom stereocenters. The highest BCUT2D eigenvalue weighted by molar-refractivity contribution is 5.85. The predicted molar refractivity (Wildman–Crippen MR) is 103 cm³/mol. The Kier molecular flexibility index (Phi) is 10.8. The molecule has 2 heterocycles. The highest BCUT2D eigenvalue weighted by Crippen LogP contribution is 2.23. The molecular formula is C17H35Cl2N3O2. The molecular weight excluding hydrogens is 349 g/mol. The van der Waals surface area contributed by atoms with Crippen LogP contribution in [0.3, 0.4) is 0 Å². The lowest BCUT2D eigenvalue weighted by molar-refractivity contribution is -0.146. The molecule has 2 rings (SSSR count). The second-order valence-electron chi connectivity index (χ2n) is 7.40. The van der Waals surface area contributed by atoms with Crippen molar-refractivity contribution in [2.24, 2.45) is 17.6 Å². The van der Waals surface area contributed by atoms with Crippen LogP contribution in [0.15, 0.2) is 0 Å². The van der Waals surface area contributed by atoms with Crippen molar-refractivity contribution in [3.63, 3.8) is 0 Å². The third-order valence-electron chi connectivity index (χ3n) is 4.99. The van der Waals surface area contributed by atoms with Gasteiger partial charge in [0.2, 0.25) is 5.91 Å². The second-order valence-corrected chi connectivity index (χ2v) is 7.40. The normalized spacial score (nSPS) is 27.3. The molecule has 7 heteroatoms. The summed E-state index contributed by atoms with van der Waals surface area (Å²) >= 11 is 0. The van der Waals surface area contributed by atoms with Crippen LogP contribution in [0.25, 0.3) is 0 Å². The first-order valence-corrected chi connectivity index (χ1v) is 8.80. The molecule has 0 aromatic carbocycles. The fourth-order valence-electron chi connectivity index (χ4n) is 3.88. The van der Waals surface area contributed by atoms with Gasteiger partial charge in [0.25, 0.3) is 0 Å². The van der Waals surface area contributed by atoms with Crippen molar-refractivity contribution in [3.8, 4) is 0 Å². The van der Waals surface area contributed by atoms with Gasteiger partial charge in [0, 0.05) is 26.2 Å². The van der Waals surface area contributed by atoms with E-state index in [1.807, 2.05) is 0 Å². The Labute approximate surface area is 159 Å². The molecule has 2 aliphatic heterocycles. The smallest absolute Gasteiger partial charge is 0.240 e. The number of piperidine rings is 1. The number of hydrogen-bond acceptors (Lipinski definition) is 4. The first-order valence-electron chi connectivity index (χ1n) is 8.80. The Balaban J connectivity index is 0.00000264. The van der Waals surface area contributed by atoms with Gasteiger partial charge in [-0.3, -0.25) is 9.69 Å². The van der Waals surface area contributed by atoms with Crippen molar-refractivity contribution in [2.45, 2.75) is 58.8 Å². The van der Waals surface area contributed by atoms with Gasteiger partial charge in [-0.05, 0) is 45.1 Å². The van der Waals surface area contributed by atoms with Crippen LogP contribution in [0.2, 0.25) is 0 Å². The zero-order chi connectivity index (χ0) is 16.3. The largest absolute Gasteiger partial charge is 0.373 e. The Morgan fingerprint density at radius 1 is 1.12 bits per heavy atom. The Morgan fingerprint density at radius 3 is 2.04 bits per heavy atom. The summed E-state index contributed by atoms with van der Waals surface area (Å²) in [7, 11) is 0. The molecule has 0 bridgehead atoms.